The van der Waals surface area contributed by atoms with Gasteiger partial charge in [-0.3, -0.25) is 9.36 Å². The Hall–Kier alpha value is -1.69. The molecule has 0 radical (unpaired) electrons. The van der Waals surface area contributed by atoms with Gasteiger partial charge in [0.1, 0.15) is 10.1 Å². The number of aromatic nitrogens is 2. The molecule has 7 heteroatoms. The first-order valence-electron chi connectivity index (χ1n) is 8.17. The Morgan fingerprint density at radius 2 is 1.92 bits per heavy atom. The van der Waals surface area contributed by atoms with Crippen LogP contribution < -0.4 is 10.3 Å². The van der Waals surface area contributed by atoms with Gasteiger partial charge in [-0.05, 0) is 30.7 Å². The highest BCUT2D eigenvalue weighted by atomic mass is 35.5. The molecule has 1 aliphatic rings. The number of alkyl halides is 2. The standard InChI is InChI=1S/C19H16Cl2N2O2S/c1-25-16-9-5-4-8-15(16)23-17(24)13-6-2-3-7-14(13)22-18(23)26-11-12-10-19(12,20)21/h2-9,12H,10-11H2,1H3. The highest BCUT2D eigenvalue weighted by Crippen LogP contribution is 2.54. The molecule has 1 atom stereocenters. The fraction of sp³-hybridized carbons (Fsp3) is 0.263. The van der Waals surface area contributed by atoms with Crippen LogP contribution >= 0.6 is 35.0 Å². The van der Waals surface area contributed by atoms with Crippen LogP contribution in [0.3, 0.4) is 0 Å². The molecule has 1 aliphatic carbocycles. The number of nitrogens with zero attached hydrogens (tertiary/aromatic N) is 2. The van der Waals surface area contributed by atoms with Crippen LogP contribution in [0.2, 0.25) is 0 Å². The Balaban J connectivity index is 1.86. The zero-order valence-electron chi connectivity index (χ0n) is 14.0. The first-order chi connectivity index (χ1) is 12.5. The van der Waals surface area contributed by atoms with E-state index in [-0.39, 0.29) is 11.5 Å². The van der Waals surface area contributed by atoms with Crippen LogP contribution in [-0.2, 0) is 0 Å². The molecule has 1 heterocycles. The van der Waals surface area contributed by atoms with Crippen molar-refractivity contribution in [2.75, 3.05) is 12.9 Å². The molecule has 1 aromatic heterocycles. The summed E-state index contributed by atoms with van der Waals surface area (Å²) < 4.78 is 6.41. The van der Waals surface area contributed by atoms with Crippen molar-refractivity contribution in [3.8, 4) is 11.4 Å². The molecule has 3 aromatic rings. The Morgan fingerprint density at radius 1 is 1.23 bits per heavy atom. The third kappa shape index (κ3) is 3.20. The van der Waals surface area contributed by atoms with Gasteiger partial charge in [-0.2, -0.15) is 0 Å². The molecular weight excluding hydrogens is 391 g/mol. The fourth-order valence-electron chi connectivity index (χ4n) is 2.86. The molecule has 134 valence electrons. The van der Waals surface area contributed by atoms with Crippen molar-refractivity contribution in [3.05, 3.63) is 58.9 Å². The normalized spacial score (nSPS) is 18.0. The van der Waals surface area contributed by atoms with Gasteiger partial charge in [-0.1, -0.05) is 36.0 Å². The van der Waals surface area contributed by atoms with Gasteiger partial charge in [0.25, 0.3) is 5.56 Å². The lowest BCUT2D eigenvalue weighted by molar-refractivity contribution is 0.411. The van der Waals surface area contributed by atoms with Gasteiger partial charge in [-0.25, -0.2) is 4.98 Å². The van der Waals surface area contributed by atoms with E-state index in [9.17, 15) is 4.79 Å². The quantitative estimate of drug-likeness (QED) is 0.350. The van der Waals surface area contributed by atoms with E-state index in [0.717, 1.165) is 6.42 Å². The van der Waals surface area contributed by atoms with E-state index in [1.165, 1.54) is 11.8 Å². The summed E-state index contributed by atoms with van der Waals surface area (Å²) in [6.45, 7) is 0. The van der Waals surface area contributed by atoms with Crippen molar-refractivity contribution >= 4 is 45.9 Å². The molecule has 0 saturated heterocycles. The molecule has 0 N–H and O–H groups in total. The topological polar surface area (TPSA) is 44.1 Å². The third-order valence-electron chi connectivity index (χ3n) is 4.44. The van der Waals surface area contributed by atoms with E-state index in [1.54, 1.807) is 17.7 Å². The summed E-state index contributed by atoms with van der Waals surface area (Å²) in [5.41, 5.74) is 1.21. The average Bonchev–Trinajstić information content (AvgIpc) is 3.27. The number of rotatable bonds is 5. The van der Waals surface area contributed by atoms with Crippen LogP contribution in [0, 0.1) is 5.92 Å². The van der Waals surface area contributed by atoms with E-state index >= 15 is 0 Å². The summed E-state index contributed by atoms with van der Waals surface area (Å²) in [5, 5.41) is 1.17. The Kier molecular flexibility index (Phi) is 4.63. The van der Waals surface area contributed by atoms with E-state index < -0.39 is 4.33 Å². The highest BCUT2D eigenvalue weighted by Gasteiger charge is 2.51. The monoisotopic (exact) mass is 406 g/mol. The van der Waals surface area contributed by atoms with E-state index in [1.807, 2.05) is 42.5 Å². The molecule has 1 fully saturated rings. The molecule has 0 aliphatic heterocycles. The van der Waals surface area contributed by atoms with Gasteiger partial charge in [0.15, 0.2) is 5.16 Å². The minimum atomic E-state index is -0.653. The van der Waals surface area contributed by atoms with Crippen LogP contribution in [0.5, 0.6) is 5.75 Å². The van der Waals surface area contributed by atoms with Crippen molar-refractivity contribution in [2.24, 2.45) is 5.92 Å². The number of halogens is 2. The lowest BCUT2D eigenvalue weighted by Crippen LogP contribution is -2.22. The molecule has 0 amide bonds. The largest absolute Gasteiger partial charge is 0.495 e. The second kappa shape index (κ2) is 6.80. The summed E-state index contributed by atoms with van der Waals surface area (Å²) >= 11 is 13.8. The van der Waals surface area contributed by atoms with E-state index in [2.05, 4.69) is 0 Å². The Labute approximate surface area is 165 Å². The molecule has 4 nitrogen and oxygen atoms in total. The number of thioether (sulfide) groups is 1. The minimum absolute atomic E-state index is 0.124. The zero-order chi connectivity index (χ0) is 18.3. The lowest BCUT2D eigenvalue weighted by atomic mass is 10.2. The number of methoxy groups -OCH3 is 1. The smallest absolute Gasteiger partial charge is 0.266 e. The van der Waals surface area contributed by atoms with Crippen molar-refractivity contribution < 1.29 is 4.74 Å². The van der Waals surface area contributed by atoms with Crippen LogP contribution in [0.15, 0.2) is 58.5 Å². The maximum Gasteiger partial charge on any atom is 0.266 e. The molecule has 0 bridgehead atoms. The molecule has 1 unspecified atom stereocenters. The summed E-state index contributed by atoms with van der Waals surface area (Å²) in [7, 11) is 1.59. The number of hydrogen-bond acceptors (Lipinski definition) is 4. The predicted octanol–water partition coefficient (Wildman–Crippen LogP) is 4.68. The van der Waals surface area contributed by atoms with Crippen molar-refractivity contribution in [1.82, 2.24) is 9.55 Å². The van der Waals surface area contributed by atoms with Crippen molar-refractivity contribution in [2.45, 2.75) is 15.9 Å². The fourth-order valence-corrected chi connectivity index (χ4v) is 4.80. The van der Waals surface area contributed by atoms with E-state index in [0.29, 0.717) is 33.2 Å². The van der Waals surface area contributed by atoms with Gasteiger partial charge in [0.2, 0.25) is 0 Å². The first kappa shape index (κ1) is 17.7. The number of fused-ring (bicyclic) bond motifs is 1. The Bertz CT molecular complexity index is 1040. The number of ether oxygens (including phenoxy) is 1. The van der Waals surface area contributed by atoms with Crippen LogP contribution in [0.25, 0.3) is 16.6 Å². The van der Waals surface area contributed by atoms with E-state index in [4.69, 9.17) is 32.9 Å². The predicted molar refractivity (Wildman–Crippen MR) is 107 cm³/mol. The number of hydrogen-bond donors (Lipinski definition) is 0. The second-order valence-corrected chi connectivity index (χ2v) is 8.73. The maximum atomic E-state index is 13.2. The van der Waals surface area contributed by atoms with Gasteiger partial charge in [-0.15, -0.1) is 23.2 Å². The van der Waals surface area contributed by atoms with Crippen molar-refractivity contribution in [1.29, 1.82) is 0 Å². The van der Waals surface area contributed by atoms with Gasteiger partial charge in [0.05, 0.1) is 23.7 Å². The van der Waals surface area contributed by atoms with Crippen molar-refractivity contribution in [3.63, 3.8) is 0 Å². The van der Waals surface area contributed by atoms with Crippen LogP contribution in [0.1, 0.15) is 6.42 Å². The summed E-state index contributed by atoms with van der Waals surface area (Å²) in [5.74, 6) is 1.52. The lowest BCUT2D eigenvalue weighted by Gasteiger charge is -2.15. The molecular formula is C19H16Cl2N2O2S. The van der Waals surface area contributed by atoms with Crippen LogP contribution in [0.4, 0.5) is 0 Å². The molecule has 0 spiro atoms. The second-order valence-electron chi connectivity index (χ2n) is 6.20. The van der Waals surface area contributed by atoms with Gasteiger partial charge in [0, 0.05) is 11.7 Å². The number of benzene rings is 2. The van der Waals surface area contributed by atoms with Gasteiger partial charge < -0.3 is 4.74 Å². The van der Waals surface area contributed by atoms with Gasteiger partial charge >= 0.3 is 0 Å². The summed E-state index contributed by atoms with van der Waals surface area (Å²) in [6.07, 6.45) is 0.760. The first-order valence-corrected chi connectivity index (χ1v) is 9.91. The summed E-state index contributed by atoms with van der Waals surface area (Å²) in [6, 6.07) is 14.8. The Morgan fingerprint density at radius 3 is 2.65 bits per heavy atom. The highest BCUT2D eigenvalue weighted by molar-refractivity contribution is 7.99. The maximum absolute atomic E-state index is 13.2. The SMILES string of the molecule is COc1ccccc1-n1c(SCC2CC2(Cl)Cl)nc2ccccc2c1=O. The molecule has 4 rings (SSSR count). The summed E-state index contributed by atoms with van der Waals surface area (Å²) in [4.78, 5) is 17.9. The number of para-hydroxylation sites is 3. The molecule has 2 aromatic carbocycles. The molecule has 1 saturated carbocycles. The third-order valence-corrected chi connectivity index (χ3v) is 6.47. The zero-order valence-corrected chi connectivity index (χ0v) is 16.3. The minimum Gasteiger partial charge on any atom is -0.495 e. The molecule has 26 heavy (non-hydrogen) atoms. The average molecular weight is 407 g/mol. The van der Waals surface area contributed by atoms with Crippen LogP contribution in [-0.4, -0.2) is 26.7 Å².